The number of likely N-dealkylation sites (tertiary alicyclic amines) is 1. The highest BCUT2D eigenvalue weighted by Crippen LogP contribution is 2.32. The zero-order valence-corrected chi connectivity index (χ0v) is 19.4. The van der Waals surface area contributed by atoms with E-state index in [2.05, 4.69) is 27.2 Å². The SMILES string of the molecule is CCn1cc(-c2ccnc(Nc3ccc(C4CCN(C)CC4)c(F)c3)n2)c(-c2cccnc2)n1. The molecular weight excluding hydrogens is 429 g/mol. The van der Waals surface area contributed by atoms with Gasteiger partial charge in [-0.2, -0.15) is 5.10 Å². The van der Waals surface area contributed by atoms with Gasteiger partial charge in [0, 0.05) is 48.1 Å². The summed E-state index contributed by atoms with van der Waals surface area (Å²) >= 11 is 0. The number of hydrogen-bond donors (Lipinski definition) is 1. The van der Waals surface area contributed by atoms with Crippen LogP contribution in [0.1, 0.15) is 31.2 Å². The Hall–Kier alpha value is -3.65. The minimum atomic E-state index is -0.182. The molecule has 1 aliphatic heterocycles. The first-order valence-corrected chi connectivity index (χ1v) is 11.7. The highest BCUT2D eigenvalue weighted by Gasteiger charge is 2.21. The lowest BCUT2D eigenvalue weighted by Gasteiger charge is -2.29. The van der Waals surface area contributed by atoms with Crippen LogP contribution in [0.5, 0.6) is 0 Å². The van der Waals surface area contributed by atoms with Crippen molar-refractivity contribution in [3.8, 4) is 22.5 Å². The van der Waals surface area contributed by atoms with E-state index in [0.29, 0.717) is 11.6 Å². The standard InChI is InChI=1S/C26H28FN7/c1-3-34-17-22(25(32-34)19-5-4-11-28-16-19)24-8-12-29-26(31-24)30-20-6-7-21(23(27)15-20)18-9-13-33(2)14-10-18/h4-8,11-12,15-18H,3,9-10,13-14H2,1-2H3,(H,29,30,31). The second-order valence-corrected chi connectivity index (χ2v) is 8.69. The van der Waals surface area contributed by atoms with Crippen LogP contribution in [-0.4, -0.2) is 49.8 Å². The minimum Gasteiger partial charge on any atom is -0.324 e. The van der Waals surface area contributed by atoms with Gasteiger partial charge in [0.1, 0.15) is 11.5 Å². The van der Waals surface area contributed by atoms with Gasteiger partial charge in [-0.25, -0.2) is 14.4 Å². The molecule has 1 saturated heterocycles. The zero-order valence-electron chi connectivity index (χ0n) is 19.4. The van der Waals surface area contributed by atoms with Gasteiger partial charge < -0.3 is 10.2 Å². The number of benzene rings is 1. The largest absolute Gasteiger partial charge is 0.324 e. The second kappa shape index (κ2) is 9.69. The number of hydrogen-bond acceptors (Lipinski definition) is 6. The fraction of sp³-hybridized carbons (Fsp3) is 0.308. The summed E-state index contributed by atoms with van der Waals surface area (Å²) in [4.78, 5) is 15.6. The van der Waals surface area contributed by atoms with Crippen molar-refractivity contribution >= 4 is 11.6 Å². The number of nitrogens with one attached hydrogen (secondary N) is 1. The van der Waals surface area contributed by atoms with E-state index >= 15 is 0 Å². The molecule has 0 radical (unpaired) electrons. The number of halogens is 1. The quantitative estimate of drug-likeness (QED) is 0.434. The predicted molar refractivity (Wildman–Crippen MR) is 131 cm³/mol. The Kier molecular flexibility index (Phi) is 6.31. The number of pyridine rings is 1. The normalized spacial score (nSPS) is 14.9. The Labute approximate surface area is 198 Å². The molecule has 0 bridgehead atoms. The van der Waals surface area contributed by atoms with Crippen molar-refractivity contribution in [3.05, 3.63) is 72.6 Å². The van der Waals surface area contributed by atoms with Gasteiger partial charge in [-0.1, -0.05) is 6.07 Å². The van der Waals surface area contributed by atoms with Crippen LogP contribution in [0.2, 0.25) is 0 Å². The molecule has 1 fully saturated rings. The fourth-order valence-corrected chi connectivity index (χ4v) is 4.44. The van der Waals surface area contributed by atoms with Gasteiger partial charge >= 0.3 is 0 Å². The summed E-state index contributed by atoms with van der Waals surface area (Å²) in [5.41, 5.74) is 4.78. The third-order valence-electron chi connectivity index (χ3n) is 6.37. The van der Waals surface area contributed by atoms with E-state index in [0.717, 1.165) is 60.6 Å². The van der Waals surface area contributed by atoms with Crippen molar-refractivity contribution in [1.29, 1.82) is 0 Å². The maximum Gasteiger partial charge on any atom is 0.227 e. The number of anilines is 2. The second-order valence-electron chi connectivity index (χ2n) is 8.69. The summed E-state index contributed by atoms with van der Waals surface area (Å²) in [7, 11) is 2.11. The number of piperidine rings is 1. The predicted octanol–water partition coefficient (Wildman–Crippen LogP) is 5.11. The molecule has 4 aromatic rings. The molecule has 7 nitrogen and oxygen atoms in total. The van der Waals surface area contributed by atoms with Crippen LogP contribution in [0, 0.1) is 5.82 Å². The maximum absolute atomic E-state index is 14.9. The summed E-state index contributed by atoms with van der Waals surface area (Å²) in [5.74, 6) is 0.495. The lowest BCUT2D eigenvalue weighted by molar-refractivity contribution is 0.253. The molecule has 8 heteroatoms. The molecule has 0 aliphatic carbocycles. The number of nitrogens with zero attached hydrogens (tertiary/aromatic N) is 6. The molecule has 1 N–H and O–H groups in total. The first-order chi connectivity index (χ1) is 16.6. The van der Waals surface area contributed by atoms with Crippen molar-refractivity contribution in [2.45, 2.75) is 32.2 Å². The maximum atomic E-state index is 14.9. The average molecular weight is 458 g/mol. The van der Waals surface area contributed by atoms with E-state index in [1.54, 1.807) is 24.7 Å². The van der Waals surface area contributed by atoms with Crippen LogP contribution in [-0.2, 0) is 6.54 Å². The molecule has 1 aromatic carbocycles. The first-order valence-electron chi connectivity index (χ1n) is 11.7. The molecule has 4 heterocycles. The molecule has 0 amide bonds. The van der Waals surface area contributed by atoms with E-state index in [4.69, 9.17) is 10.1 Å². The van der Waals surface area contributed by atoms with E-state index in [1.165, 1.54) is 0 Å². The van der Waals surface area contributed by atoms with E-state index in [9.17, 15) is 4.39 Å². The molecule has 34 heavy (non-hydrogen) atoms. The fourth-order valence-electron chi connectivity index (χ4n) is 4.44. The third-order valence-corrected chi connectivity index (χ3v) is 6.37. The first kappa shape index (κ1) is 22.2. The summed E-state index contributed by atoms with van der Waals surface area (Å²) in [6, 6.07) is 11.1. The molecule has 0 unspecified atom stereocenters. The zero-order chi connectivity index (χ0) is 23.5. The molecule has 0 spiro atoms. The van der Waals surface area contributed by atoms with Crippen LogP contribution >= 0.6 is 0 Å². The Morgan fingerprint density at radius 3 is 2.71 bits per heavy atom. The van der Waals surface area contributed by atoms with Crippen molar-refractivity contribution in [3.63, 3.8) is 0 Å². The third kappa shape index (κ3) is 4.68. The lowest BCUT2D eigenvalue weighted by atomic mass is 9.89. The Morgan fingerprint density at radius 2 is 1.97 bits per heavy atom. The van der Waals surface area contributed by atoms with Gasteiger partial charge in [0.15, 0.2) is 0 Å². The smallest absolute Gasteiger partial charge is 0.227 e. The molecule has 0 saturated carbocycles. The van der Waals surface area contributed by atoms with Crippen LogP contribution in [0.15, 0.2) is 61.2 Å². The minimum absolute atomic E-state index is 0.182. The Morgan fingerprint density at radius 1 is 1.12 bits per heavy atom. The number of rotatable bonds is 6. The van der Waals surface area contributed by atoms with Crippen molar-refractivity contribution in [2.75, 3.05) is 25.5 Å². The van der Waals surface area contributed by atoms with Gasteiger partial charge in [0.25, 0.3) is 0 Å². The van der Waals surface area contributed by atoms with Crippen molar-refractivity contribution in [1.82, 2.24) is 29.6 Å². The molecule has 5 rings (SSSR count). The lowest BCUT2D eigenvalue weighted by Crippen LogP contribution is -2.29. The van der Waals surface area contributed by atoms with Crippen LogP contribution in [0.25, 0.3) is 22.5 Å². The van der Waals surface area contributed by atoms with Crippen LogP contribution in [0.4, 0.5) is 16.0 Å². The number of aromatic nitrogens is 5. The molecule has 0 atom stereocenters. The van der Waals surface area contributed by atoms with Crippen molar-refractivity contribution in [2.24, 2.45) is 0 Å². The van der Waals surface area contributed by atoms with Gasteiger partial charge in [-0.3, -0.25) is 9.67 Å². The monoisotopic (exact) mass is 457 g/mol. The topological polar surface area (TPSA) is 71.8 Å². The van der Waals surface area contributed by atoms with Crippen LogP contribution in [0.3, 0.4) is 0 Å². The molecular formula is C26H28FN7. The summed E-state index contributed by atoms with van der Waals surface area (Å²) in [5, 5.41) is 7.86. The van der Waals surface area contributed by atoms with E-state index in [-0.39, 0.29) is 11.7 Å². The molecule has 174 valence electrons. The summed E-state index contributed by atoms with van der Waals surface area (Å²) < 4.78 is 16.8. The Balaban J connectivity index is 1.40. The van der Waals surface area contributed by atoms with Crippen molar-refractivity contribution < 1.29 is 4.39 Å². The van der Waals surface area contributed by atoms with E-state index in [1.807, 2.05) is 48.1 Å². The molecule has 1 aliphatic rings. The highest BCUT2D eigenvalue weighted by molar-refractivity contribution is 5.78. The summed E-state index contributed by atoms with van der Waals surface area (Å²) in [6.45, 7) is 4.79. The Bertz CT molecular complexity index is 1260. The van der Waals surface area contributed by atoms with Crippen LogP contribution < -0.4 is 5.32 Å². The highest BCUT2D eigenvalue weighted by atomic mass is 19.1. The van der Waals surface area contributed by atoms with Gasteiger partial charge in [-0.05, 0) is 81.7 Å². The van der Waals surface area contributed by atoms with E-state index < -0.39 is 0 Å². The molecule has 3 aromatic heterocycles. The average Bonchev–Trinajstić information content (AvgIpc) is 3.30. The van der Waals surface area contributed by atoms with Gasteiger partial charge in [0.05, 0.1) is 5.69 Å². The van der Waals surface area contributed by atoms with Gasteiger partial charge in [0.2, 0.25) is 5.95 Å². The van der Waals surface area contributed by atoms with Gasteiger partial charge in [-0.15, -0.1) is 0 Å². The summed E-state index contributed by atoms with van der Waals surface area (Å²) in [6.07, 6.45) is 9.17. The number of aryl methyl sites for hydroxylation is 1.